The number of aromatic nitrogens is 3. The van der Waals surface area contributed by atoms with Gasteiger partial charge in [-0.1, -0.05) is 0 Å². The summed E-state index contributed by atoms with van der Waals surface area (Å²) in [6, 6.07) is 5.90. The second-order valence-corrected chi connectivity index (χ2v) is 7.29. The first-order chi connectivity index (χ1) is 12.7. The molecule has 6 heteroatoms. The van der Waals surface area contributed by atoms with Crippen molar-refractivity contribution in [1.29, 1.82) is 5.26 Å². The van der Waals surface area contributed by atoms with E-state index in [4.69, 9.17) is 4.98 Å². The van der Waals surface area contributed by atoms with E-state index < -0.39 is 0 Å². The lowest BCUT2D eigenvalue weighted by Gasteiger charge is -2.34. The molecular formula is C20H23N5O. The highest BCUT2D eigenvalue weighted by molar-refractivity contribution is 5.56. The molecule has 3 heterocycles. The van der Waals surface area contributed by atoms with Gasteiger partial charge in [0.25, 0.3) is 5.56 Å². The first-order valence-corrected chi connectivity index (χ1v) is 9.43. The van der Waals surface area contributed by atoms with E-state index in [0.717, 1.165) is 44.6 Å². The highest BCUT2D eigenvalue weighted by Crippen LogP contribution is 2.29. The molecule has 1 fully saturated rings. The largest absolute Gasteiger partial charge is 0.355 e. The minimum atomic E-state index is 0.00514. The van der Waals surface area contributed by atoms with Crippen LogP contribution in [0.15, 0.2) is 29.5 Å². The molecule has 0 aromatic carbocycles. The first-order valence-electron chi connectivity index (χ1n) is 9.43. The Morgan fingerprint density at radius 1 is 1.23 bits per heavy atom. The molecule has 0 radical (unpaired) electrons. The van der Waals surface area contributed by atoms with Crippen molar-refractivity contribution in [2.24, 2.45) is 5.92 Å². The molecule has 0 saturated carbocycles. The summed E-state index contributed by atoms with van der Waals surface area (Å²) in [5.41, 5.74) is 3.13. The number of nitrogens with zero attached hydrogens (tertiary/aromatic N) is 5. The molecule has 0 bridgehead atoms. The molecule has 6 nitrogen and oxygen atoms in total. The molecule has 2 aromatic heterocycles. The number of anilines is 1. The zero-order valence-corrected chi connectivity index (χ0v) is 14.9. The molecule has 2 aliphatic rings. The maximum atomic E-state index is 11.9. The molecule has 4 rings (SSSR count). The fraction of sp³-hybridized carbons (Fsp3) is 0.500. The highest BCUT2D eigenvalue weighted by Gasteiger charge is 2.24. The molecule has 2 aromatic rings. The van der Waals surface area contributed by atoms with Gasteiger partial charge in [0, 0.05) is 37.6 Å². The fourth-order valence-corrected chi connectivity index (χ4v) is 4.07. The molecule has 1 aliphatic heterocycles. The molecule has 134 valence electrons. The first kappa shape index (κ1) is 16.8. The number of nitriles is 1. The van der Waals surface area contributed by atoms with Gasteiger partial charge in [-0.2, -0.15) is 5.26 Å². The minimum Gasteiger partial charge on any atom is -0.355 e. The molecule has 0 spiro atoms. The van der Waals surface area contributed by atoms with E-state index in [1.807, 2.05) is 0 Å². The Labute approximate surface area is 153 Å². The Balaban J connectivity index is 1.47. The van der Waals surface area contributed by atoms with Gasteiger partial charge in [0.05, 0.1) is 11.9 Å². The van der Waals surface area contributed by atoms with Crippen LogP contribution in [0.25, 0.3) is 0 Å². The van der Waals surface area contributed by atoms with E-state index in [1.54, 1.807) is 10.9 Å². The Hall–Kier alpha value is -2.68. The monoisotopic (exact) mass is 349 g/mol. The lowest BCUT2D eigenvalue weighted by molar-refractivity contribution is 0.350. The zero-order chi connectivity index (χ0) is 17.9. The average molecular weight is 349 g/mol. The predicted octanol–water partition coefficient (Wildman–Crippen LogP) is 2.31. The number of pyridine rings is 1. The van der Waals surface area contributed by atoms with E-state index in [1.165, 1.54) is 36.4 Å². The third-order valence-electron chi connectivity index (χ3n) is 5.56. The summed E-state index contributed by atoms with van der Waals surface area (Å²) in [6.07, 6.45) is 9.58. The Morgan fingerprint density at radius 3 is 2.81 bits per heavy atom. The fourth-order valence-electron chi connectivity index (χ4n) is 4.07. The summed E-state index contributed by atoms with van der Waals surface area (Å²) in [5, 5.41) is 9.57. The summed E-state index contributed by atoms with van der Waals surface area (Å²) in [4.78, 5) is 23.0. The molecule has 1 aliphatic carbocycles. The van der Waals surface area contributed by atoms with Crippen molar-refractivity contribution in [2.45, 2.75) is 45.1 Å². The lowest BCUT2D eigenvalue weighted by atomic mass is 9.93. The van der Waals surface area contributed by atoms with Gasteiger partial charge in [-0.15, -0.1) is 0 Å². The molecule has 26 heavy (non-hydrogen) atoms. The van der Waals surface area contributed by atoms with Crippen LogP contribution in [0, 0.1) is 17.2 Å². The van der Waals surface area contributed by atoms with Gasteiger partial charge >= 0.3 is 0 Å². The summed E-state index contributed by atoms with van der Waals surface area (Å²) in [5.74, 6) is 1.31. The highest BCUT2D eigenvalue weighted by atomic mass is 16.1. The lowest BCUT2D eigenvalue weighted by Crippen LogP contribution is -2.37. The second kappa shape index (κ2) is 7.28. The Kier molecular flexibility index (Phi) is 4.70. The van der Waals surface area contributed by atoms with Crippen LogP contribution < -0.4 is 10.5 Å². The van der Waals surface area contributed by atoms with Crippen LogP contribution in [0.4, 0.5) is 5.82 Å². The SMILES string of the molecule is N#Cc1cc2c(nc1N1CCC(Cn3cnccc3=O)CC1)CCCC2. The van der Waals surface area contributed by atoms with Crippen molar-refractivity contribution >= 4 is 5.82 Å². The van der Waals surface area contributed by atoms with Gasteiger partial charge in [-0.3, -0.25) is 9.36 Å². The van der Waals surface area contributed by atoms with Crippen LogP contribution in [0.3, 0.4) is 0 Å². The third-order valence-corrected chi connectivity index (χ3v) is 5.56. The molecule has 0 N–H and O–H groups in total. The normalized spacial score (nSPS) is 17.6. The maximum Gasteiger partial charge on any atom is 0.253 e. The van der Waals surface area contributed by atoms with Gasteiger partial charge in [0.1, 0.15) is 11.9 Å². The molecule has 0 unspecified atom stereocenters. The number of rotatable bonds is 3. The van der Waals surface area contributed by atoms with Crippen molar-refractivity contribution in [3.8, 4) is 6.07 Å². The molecule has 0 amide bonds. The van der Waals surface area contributed by atoms with Crippen molar-refractivity contribution in [3.05, 3.63) is 51.8 Å². The van der Waals surface area contributed by atoms with Gasteiger partial charge in [-0.05, 0) is 56.1 Å². The zero-order valence-electron chi connectivity index (χ0n) is 14.9. The number of hydrogen-bond donors (Lipinski definition) is 0. The molecule has 0 atom stereocenters. The number of piperidine rings is 1. The Morgan fingerprint density at radius 2 is 2.04 bits per heavy atom. The summed E-state index contributed by atoms with van der Waals surface area (Å²) in [7, 11) is 0. The number of hydrogen-bond acceptors (Lipinski definition) is 5. The van der Waals surface area contributed by atoms with Gasteiger partial charge < -0.3 is 4.90 Å². The van der Waals surface area contributed by atoms with Gasteiger partial charge in [0.15, 0.2) is 0 Å². The van der Waals surface area contributed by atoms with Crippen LogP contribution in [-0.2, 0) is 19.4 Å². The summed E-state index contributed by atoms with van der Waals surface area (Å²) in [6.45, 7) is 2.46. The van der Waals surface area contributed by atoms with E-state index in [9.17, 15) is 10.1 Å². The van der Waals surface area contributed by atoms with Gasteiger partial charge in [-0.25, -0.2) is 9.97 Å². The van der Waals surface area contributed by atoms with Gasteiger partial charge in [0.2, 0.25) is 0 Å². The Bertz CT molecular complexity index is 890. The van der Waals surface area contributed by atoms with E-state index >= 15 is 0 Å². The smallest absolute Gasteiger partial charge is 0.253 e. The van der Waals surface area contributed by atoms with E-state index in [-0.39, 0.29) is 5.56 Å². The minimum absolute atomic E-state index is 0.00514. The molecular weight excluding hydrogens is 326 g/mol. The standard InChI is InChI=1S/C20H23N5O/c21-12-17-11-16-3-1-2-4-18(16)23-20(17)24-9-6-15(7-10-24)13-25-14-22-8-5-19(25)26/h5,8,11,14-15H,1-4,6-7,9-10,13H2. The van der Waals surface area contributed by atoms with Crippen molar-refractivity contribution < 1.29 is 0 Å². The van der Waals surface area contributed by atoms with Crippen molar-refractivity contribution in [3.63, 3.8) is 0 Å². The van der Waals surface area contributed by atoms with E-state index in [2.05, 4.69) is 22.0 Å². The van der Waals surface area contributed by atoms with E-state index in [0.29, 0.717) is 18.0 Å². The third kappa shape index (κ3) is 3.34. The van der Waals surface area contributed by atoms with Crippen LogP contribution in [0.5, 0.6) is 0 Å². The van der Waals surface area contributed by atoms with Crippen LogP contribution in [-0.4, -0.2) is 27.6 Å². The van der Waals surface area contributed by atoms with Crippen LogP contribution in [0.2, 0.25) is 0 Å². The predicted molar refractivity (Wildman–Crippen MR) is 99.0 cm³/mol. The maximum absolute atomic E-state index is 11.9. The summed E-state index contributed by atoms with van der Waals surface area (Å²) < 4.78 is 1.69. The second-order valence-electron chi connectivity index (χ2n) is 7.29. The summed E-state index contributed by atoms with van der Waals surface area (Å²) >= 11 is 0. The van der Waals surface area contributed by atoms with Crippen LogP contribution in [0.1, 0.15) is 42.5 Å². The quantitative estimate of drug-likeness (QED) is 0.850. The number of fused-ring (bicyclic) bond motifs is 1. The molecule has 1 saturated heterocycles. The van der Waals surface area contributed by atoms with Crippen molar-refractivity contribution in [1.82, 2.24) is 14.5 Å². The number of aryl methyl sites for hydroxylation is 2. The topological polar surface area (TPSA) is 74.8 Å². The average Bonchev–Trinajstić information content (AvgIpc) is 2.69. The van der Waals surface area contributed by atoms with Crippen molar-refractivity contribution in [2.75, 3.05) is 18.0 Å². The van der Waals surface area contributed by atoms with Crippen LogP contribution >= 0.6 is 0 Å².